The molecule has 2 rings (SSSR count). The monoisotopic (exact) mass is 284 g/mol. The maximum Gasteiger partial charge on any atom is 0.165 e. The van der Waals surface area contributed by atoms with Gasteiger partial charge in [-0.15, -0.1) is 0 Å². The van der Waals surface area contributed by atoms with Gasteiger partial charge in [-0.1, -0.05) is 28.1 Å². The summed E-state index contributed by atoms with van der Waals surface area (Å²) in [7, 11) is 0. The van der Waals surface area contributed by atoms with Crippen LogP contribution in [0.2, 0.25) is 0 Å². The molecule has 0 spiro atoms. The predicted octanol–water partition coefficient (Wildman–Crippen LogP) is 3.77. The topological polar surface area (TPSA) is 18.5 Å². The van der Waals surface area contributed by atoms with Crippen molar-refractivity contribution in [2.24, 2.45) is 5.92 Å². The van der Waals surface area contributed by atoms with Crippen LogP contribution in [0.4, 0.5) is 0 Å². The summed E-state index contributed by atoms with van der Waals surface area (Å²) in [5.41, 5.74) is 1.16. The zero-order valence-corrected chi connectivity index (χ0v) is 11.1. The molecule has 16 heavy (non-hydrogen) atoms. The summed E-state index contributed by atoms with van der Waals surface area (Å²) in [6.45, 7) is 3.49. The van der Waals surface area contributed by atoms with Gasteiger partial charge in [0.2, 0.25) is 0 Å². The second-order valence-corrected chi connectivity index (χ2v) is 4.63. The predicted molar refractivity (Wildman–Crippen MR) is 68.5 cm³/mol. The molecular formula is C13H17BrO2. The van der Waals surface area contributed by atoms with E-state index >= 15 is 0 Å². The molecule has 1 fully saturated rings. The lowest BCUT2D eigenvalue weighted by Gasteiger charge is -2.14. The van der Waals surface area contributed by atoms with E-state index in [0.717, 1.165) is 34.9 Å². The molecule has 0 N–H and O–H groups in total. The molecular weight excluding hydrogens is 268 g/mol. The van der Waals surface area contributed by atoms with E-state index in [1.54, 1.807) is 0 Å². The second-order valence-electron chi connectivity index (χ2n) is 4.07. The minimum Gasteiger partial charge on any atom is -0.490 e. The van der Waals surface area contributed by atoms with E-state index in [-0.39, 0.29) is 0 Å². The van der Waals surface area contributed by atoms with E-state index in [9.17, 15) is 0 Å². The first kappa shape index (κ1) is 11.8. The first-order valence-corrected chi connectivity index (χ1v) is 6.90. The van der Waals surface area contributed by atoms with Crippen molar-refractivity contribution in [1.29, 1.82) is 0 Å². The van der Waals surface area contributed by atoms with Crippen molar-refractivity contribution in [3.8, 4) is 11.5 Å². The summed E-state index contributed by atoms with van der Waals surface area (Å²) in [4.78, 5) is 0. The van der Waals surface area contributed by atoms with Crippen LogP contribution in [0, 0.1) is 5.92 Å². The van der Waals surface area contributed by atoms with Gasteiger partial charge in [0.25, 0.3) is 0 Å². The number of para-hydroxylation sites is 1. The molecule has 0 radical (unpaired) electrons. The first-order valence-electron chi connectivity index (χ1n) is 5.78. The van der Waals surface area contributed by atoms with E-state index in [1.807, 2.05) is 19.1 Å². The molecule has 2 nitrogen and oxygen atoms in total. The third-order valence-corrected chi connectivity index (χ3v) is 3.27. The van der Waals surface area contributed by atoms with Crippen molar-refractivity contribution in [2.45, 2.75) is 25.1 Å². The molecule has 1 aliphatic rings. The maximum absolute atomic E-state index is 5.88. The highest BCUT2D eigenvalue weighted by molar-refractivity contribution is 9.08. The van der Waals surface area contributed by atoms with Crippen LogP contribution < -0.4 is 9.47 Å². The fraction of sp³-hybridized carbons (Fsp3) is 0.538. The number of halogens is 1. The number of rotatable bonds is 6. The molecule has 1 aliphatic carbocycles. The zero-order valence-electron chi connectivity index (χ0n) is 9.54. The molecule has 88 valence electrons. The Morgan fingerprint density at radius 3 is 2.75 bits per heavy atom. The summed E-state index contributed by atoms with van der Waals surface area (Å²) >= 11 is 3.48. The normalized spacial score (nSPS) is 14.9. The van der Waals surface area contributed by atoms with Crippen molar-refractivity contribution in [2.75, 3.05) is 13.2 Å². The first-order chi connectivity index (χ1) is 7.85. The average Bonchev–Trinajstić information content (AvgIpc) is 3.11. The van der Waals surface area contributed by atoms with Crippen LogP contribution in [0.15, 0.2) is 18.2 Å². The Hall–Kier alpha value is -0.700. The summed E-state index contributed by atoms with van der Waals surface area (Å²) in [5, 5.41) is 0.800. The molecule has 0 unspecified atom stereocenters. The van der Waals surface area contributed by atoms with Gasteiger partial charge >= 0.3 is 0 Å². The van der Waals surface area contributed by atoms with Gasteiger partial charge in [0.1, 0.15) is 0 Å². The van der Waals surface area contributed by atoms with Crippen LogP contribution in [0.3, 0.4) is 0 Å². The fourth-order valence-electron chi connectivity index (χ4n) is 1.59. The molecule has 0 aliphatic heterocycles. The second kappa shape index (κ2) is 5.58. The van der Waals surface area contributed by atoms with Crippen LogP contribution in [0.5, 0.6) is 11.5 Å². The average molecular weight is 285 g/mol. The molecule has 1 saturated carbocycles. The highest BCUT2D eigenvalue weighted by Gasteiger charge is 2.23. The molecule has 1 aromatic rings. The van der Waals surface area contributed by atoms with Crippen molar-refractivity contribution < 1.29 is 9.47 Å². The minimum absolute atomic E-state index is 0.672. The Morgan fingerprint density at radius 2 is 2.12 bits per heavy atom. The lowest BCUT2D eigenvalue weighted by atomic mass is 10.2. The Labute approximate surface area is 105 Å². The molecule has 0 saturated heterocycles. The van der Waals surface area contributed by atoms with Crippen LogP contribution in [0.1, 0.15) is 25.3 Å². The number of hydrogen-bond acceptors (Lipinski definition) is 2. The van der Waals surface area contributed by atoms with Gasteiger partial charge in [-0.25, -0.2) is 0 Å². The number of ether oxygens (including phenoxy) is 2. The van der Waals surface area contributed by atoms with Crippen molar-refractivity contribution in [3.63, 3.8) is 0 Å². The summed E-state index contributed by atoms with van der Waals surface area (Å²) < 4.78 is 11.5. The van der Waals surface area contributed by atoms with Crippen LogP contribution in [0.25, 0.3) is 0 Å². The van der Waals surface area contributed by atoms with Gasteiger partial charge in [0, 0.05) is 10.9 Å². The van der Waals surface area contributed by atoms with Crippen molar-refractivity contribution >= 4 is 15.9 Å². The SMILES string of the molecule is CCOc1cccc(CBr)c1OCC1CC1. The third kappa shape index (κ3) is 2.91. The van der Waals surface area contributed by atoms with E-state index in [0.29, 0.717) is 6.61 Å². The lowest BCUT2D eigenvalue weighted by molar-refractivity contribution is 0.265. The maximum atomic E-state index is 5.88. The smallest absolute Gasteiger partial charge is 0.165 e. The van der Waals surface area contributed by atoms with Gasteiger partial charge in [-0.3, -0.25) is 0 Å². The minimum atomic E-state index is 0.672. The van der Waals surface area contributed by atoms with Crippen molar-refractivity contribution in [1.82, 2.24) is 0 Å². The molecule has 0 aromatic heterocycles. The van der Waals surface area contributed by atoms with E-state index < -0.39 is 0 Å². The third-order valence-electron chi connectivity index (χ3n) is 2.66. The summed E-state index contributed by atoms with van der Waals surface area (Å²) in [6.07, 6.45) is 2.61. The molecule has 0 bridgehead atoms. The largest absolute Gasteiger partial charge is 0.490 e. The Bertz CT molecular complexity index is 348. The Morgan fingerprint density at radius 1 is 1.31 bits per heavy atom. The lowest BCUT2D eigenvalue weighted by Crippen LogP contribution is -2.04. The Kier molecular flexibility index (Phi) is 4.10. The van der Waals surface area contributed by atoms with E-state index in [2.05, 4.69) is 22.0 Å². The van der Waals surface area contributed by atoms with Gasteiger partial charge in [0.15, 0.2) is 11.5 Å². The molecule has 0 amide bonds. The Balaban J connectivity index is 2.13. The van der Waals surface area contributed by atoms with Crippen LogP contribution in [-0.2, 0) is 5.33 Å². The highest BCUT2D eigenvalue weighted by atomic mass is 79.9. The number of alkyl halides is 1. The van der Waals surface area contributed by atoms with Gasteiger partial charge < -0.3 is 9.47 Å². The quantitative estimate of drug-likeness (QED) is 0.741. The molecule has 1 aromatic carbocycles. The van der Waals surface area contributed by atoms with Gasteiger partial charge in [-0.2, -0.15) is 0 Å². The fourth-order valence-corrected chi connectivity index (χ4v) is 2.03. The highest BCUT2D eigenvalue weighted by Crippen LogP contribution is 2.35. The molecule has 0 atom stereocenters. The van der Waals surface area contributed by atoms with Crippen molar-refractivity contribution in [3.05, 3.63) is 23.8 Å². The molecule has 3 heteroatoms. The number of hydrogen-bond donors (Lipinski definition) is 0. The van der Waals surface area contributed by atoms with E-state index in [1.165, 1.54) is 12.8 Å². The summed E-state index contributed by atoms with van der Waals surface area (Å²) in [6, 6.07) is 6.04. The summed E-state index contributed by atoms with van der Waals surface area (Å²) in [5.74, 6) is 2.53. The van der Waals surface area contributed by atoms with E-state index in [4.69, 9.17) is 9.47 Å². The zero-order chi connectivity index (χ0) is 11.4. The van der Waals surface area contributed by atoms with Crippen LogP contribution in [-0.4, -0.2) is 13.2 Å². The number of benzene rings is 1. The van der Waals surface area contributed by atoms with Gasteiger partial charge in [-0.05, 0) is 31.7 Å². The van der Waals surface area contributed by atoms with Crippen LogP contribution >= 0.6 is 15.9 Å². The molecule has 0 heterocycles. The van der Waals surface area contributed by atoms with Gasteiger partial charge in [0.05, 0.1) is 13.2 Å². The standard InChI is InChI=1S/C13H17BrO2/c1-2-15-12-5-3-4-11(8-14)13(12)16-9-10-6-7-10/h3-5,10H,2,6-9H2,1H3.